The summed E-state index contributed by atoms with van der Waals surface area (Å²) < 4.78 is 0. The molecule has 0 aliphatic rings. The van der Waals surface area contributed by atoms with E-state index in [4.69, 9.17) is 17.2 Å². The lowest BCUT2D eigenvalue weighted by Gasteiger charge is -2.27. The molecular formula is C18H32N6O7S. The van der Waals surface area contributed by atoms with Gasteiger partial charge in [-0.1, -0.05) is 20.3 Å². The van der Waals surface area contributed by atoms with Gasteiger partial charge < -0.3 is 38.3 Å². The molecule has 0 saturated carbocycles. The average Bonchev–Trinajstić information content (AvgIpc) is 2.71. The van der Waals surface area contributed by atoms with Gasteiger partial charge in [0.15, 0.2) is 0 Å². The lowest BCUT2D eigenvalue weighted by atomic mass is 9.97. The van der Waals surface area contributed by atoms with Crippen LogP contribution in [0.2, 0.25) is 0 Å². The number of carboxylic acid groups (broad SMARTS) is 1. The number of aliphatic carboxylic acids is 1. The highest BCUT2D eigenvalue weighted by Gasteiger charge is 2.32. The van der Waals surface area contributed by atoms with Crippen LogP contribution < -0.4 is 33.2 Å². The van der Waals surface area contributed by atoms with Crippen molar-refractivity contribution >= 4 is 48.1 Å². The van der Waals surface area contributed by atoms with E-state index in [1.165, 1.54) is 0 Å². The standard InChI is InChI=1S/C18H32N6O7S/c1-3-8(2)14(17(29)22-10(18(30)31)6-13(21)26)24-16(28)11(7-32)23-15(27)9(19)4-5-12(20)25/h8-11,14,32H,3-7,19H2,1-2H3,(H2,20,25)(H2,21,26)(H,22,29)(H,23,27)(H,24,28)(H,30,31). The first kappa shape index (κ1) is 29.1. The first-order valence-corrected chi connectivity index (χ1v) is 10.5. The highest BCUT2D eigenvalue weighted by atomic mass is 32.1. The number of nitrogens with one attached hydrogen (secondary N) is 3. The fraction of sp³-hybridized carbons (Fsp3) is 0.667. The largest absolute Gasteiger partial charge is 0.480 e. The van der Waals surface area contributed by atoms with Crippen molar-refractivity contribution in [3.05, 3.63) is 0 Å². The summed E-state index contributed by atoms with van der Waals surface area (Å²) in [4.78, 5) is 70.7. The topological polar surface area (TPSA) is 237 Å². The maximum absolute atomic E-state index is 12.7. The Kier molecular flexibility index (Phi) is 13.0. The second-order valence-corrected chi connectivity index (χ2v) is 7.66. The monoisotopic (exact) mass is 476 g/mol. The van der Waals surface area contributed by atoms with Crippen molar-refractivity contribution in [2.75, 3.05) is 5.75 Å². The molecule has 14 heteroatoms. The molecular weight excluding hydrogens is 444 g/mol. The number of thiol groups is 1. The summed E-state index contributed by atoms with van der Waals surface area (Å²) in [5, 5.41) is 16.2. The molecule has 0 rings (SSSR count). The van der Waals surface area contributed by atoms with Crippen molar-refractivity contribution in [1.82, 2.24) is 16.0 Å². The highest BCUT2D eigenvalue weighted by molar-refractivity contribution is 7.80. The minimum absolute atomic E-state index is 0.0174. The highest BCUT2D eigenvalue weighted by Crippen LogP contribution is 2.10. The van der Waals surface area contributed by atoms with Gasteiger partial charge in [0.2, 0.25) is 29.5 Å². The van der Waals surface area contributed by atoms with E-state index < -0.39 is 72.0 Å². The Balaban J connectivity index is 5.30. The maximum Gasteiger partial charge on any atom is 0.326 e. The van der Waals surface area contributed by atoms with Crippen molar-refractivity contribution < 1.29 is 33.9 Å². The van der Waals surface area contributed by atoms with Crippen molar-refractivity contribution in [1.29, 1.82) is 0 Å². The number of rotatable bonds is 15. The lowest BCUT2D eigenvalue weighted by molar-refractivity contribution is -0.144. The molecule has 32 heavy (non-hydrogen) atoms. The number of hydrogen-bond donors (Lipinski definition) is 8. The zero-order valence-corrected chi connectivity index (χ0v) is 18.9. The summed E-state index contributed by atoms with van der Waals surface area (Å²) in [7, 11) is 0. The van der Waals surface area contributed by atoms with Gasteiger partial charge in [0.1, 0.15) is 18.1 Å². The summed E-state index contributed by atoms with van der Waals surface area (Å²) in [6, 6.07) is -4.97. The molecule has 13 nitrogen and oxygen atoms in total. The van der Waals surface area contributed by atoms with E-state index in [0.717, 1.165) is 0 Å². The van der Waals surface area contributed by atoms with Gasteiger partial charge in [-0.15, -0.1) is 0 Å². The number of carbonyl (C=O) groups is 6. The minimum Gasteiger partial charge on any atom is -0.480 e. The van der Waals surface area contributed by atoms with Gasteiger partial charge in [-0.2, -0.15) is 12.6 Å². The zero-order valence-electron chi connectivity index (χ0n) is 18.0. The first-order valence-electron chi connectivity index (χ1n) is 9.90. The van der Waals surface area contributed by atoms with Crippen LogP contribution in [0.3, 0.4) is 0 Å². The van der Waals surface area contributed by atoms with Crippen molar-refractivity contribution in [3.63, 3.8) is 0 Å². The maximum atomic E-state index is 12.7. The molecule has 5 unspecified atom stereocenters. The third kappa shape index (κ3) is 10.4. The van der Waals surface area contributed by atoms with Gasteiger partial charge in [-0.05, 0) is 12.3 Å². The molecule has 0 bridgehead atoms. The molecule has 0 radical (unpaired) electrons. The van der Waals surface area contributed by atoms with Crippen LogP contribution in [0.1, 0.15) is 39.5 Å². The van der Waals surface area contributed by atoms with Crippen LogP contribution >= 0.6 is 12.6 Å². The van der Waals surface area contributed by atoms with Crippen LogP contribution in [0.25, 0.3) is 0 Å². The van der Waals surface area contributed by atoms with Gasteiger partial charge in [0.05, 0.1) is 12.5 Å². The summed E-state index contributed by atoms with van der Waals surface area (Å²) in [5.41, 5.74) is 15.7. The van der Waals surface area contributed by atoms with E-state index in [1.807, 2.05) is 0 Å². The lowest BCUT2D eigenvalue weighted by Crippen LogP contribution is -2.59. The van der Waals surface area contributed by atoms with Crippen LogP contribution in [-0.4, -0.2) is 70.5 Å². The van der Waals surface area contributed by atoms with Crippen molar-refractivity contribution in [2.24, 2.45) is 23.1 Å². The zero-order chi connectivity index (χ0) is 25.0. The average molecular weight is 477 g/mol. The second-order valence-electron chi connectivity index (χ2n) is 7.30. The molecule has 10 N–H and O–H groups in total. The molecule has 0 fully saturated rings. The van der Waals surface area contributed by atoms with E-state index in [-0.39, 0.29) is 18.6 Å². The first-order chi connectivity index (χ1) is 14.8. The Labute approximate surface area is 191 Å². The molecule has 0 saturated heterocycles. The Bertz CT molecular complexity index is 720. The van der Waals surface area contributed by atoms with Crippen LogP contribution in [0.4, 0.5) is 0 Å². The SMILES string of the molecule is CCC(C)C(NC(=O)C(CS)NC(=O)C(N)CCC(N)=O)C(=O)NC(CC(N)=O)C(=O)O. The minimum atomic E-state index is -1.56. The molecule has 0 aromatic carbocycles. The number of amides is 5. The second kappa shape index (κ2) is 14.2. The quantitative estimate of drug-likeness (QED) is 0.113. The molecule has 0 aliphatic carbocycles. The Morgan fingerprint density at radius 1 is 0.906 bits per heavy atom. The van der Waals surface area contributed by atoms with Gasteiger partial charge in [-0.3, -0.25) is 24.0 Å². The summed E-state index contributed by atoms with van der Waals surface area (Å²) in [6.07, 6.45) is -0.308. The van der Waals surface area contributed by atoms with Crippen LogP contribution in [-0.2, 0) is 28.8 Å². The molecule has 182 valence electrons. The fourth-order valence-corrected chi connectivity index (χ4v) is 2.78. The summed E-state index contributed by atoms with van der Waals surface area (Å²) in [6.45, 7) is 3.41. The Morgan fingerprint density at radius 2 is 1.47 bits per heavy atom. The van der Waals surface area contributed by atoms with Crippen molar-refractivity contribution in [3.8, 4) is 0 Å². The van der Waals surface area contributed by atoms with E-state index in [1.54, 1.807) is 13.8 Å². The number of hydrogen-bond acceptors (Lipinski definition) is 8. The molecule has 0 aliphatic heterocycles. The summed E-state index contributed by atoms with van der Waals surface area (Å²) >= 11 is 4.03. The normalized spacial score (nSPS) is 15.4. The Hall–Kier alpha value is -2.87. The number of carbonyl (C=O) groups excluding carboxylic acids is 5. The molecule has 0 aromatic rings. The van der Waals surface area contributed by atoms with Crippen LogP contribution in [0.15, 0.2) is 0 Å². The molecule has 0 aromatic heterocycles. The third-order valence-electron chi connectivity index (χ3n) is 4.67. The Morgan fingerprint density at radius 3 is 1.91 bits per heavy atom. The molecule has 0 spiro atoms. The number of nitrogens with two attached hydrogens (primary N) is 3. The van der Waals surface area contributed by atoms with E-state index in [0.29, 0.717) is 6.42 Å². The van der Waals surface area contributed by atoms with Gasteiger partial charge >= 0.3 is 5.97 Å². The fourth-order valence-electron chi connectivity index (χ4n) is 2.52. The van der Waals surface area contributed by atoms with E-state index >= 15 is 0 Å². The number of primary amides is 2. The number of carboxylic acids is 1. The van der Waals surface area contributed by atoms with Gasteiger partial charge in [-0.25, -0.2) is 4.79 Å². The molecule has 5 amide bonds. The predicted molar refractivity (Wildman–Crippen MR) is 117 cm³/mol. The van der Waals surface area contributed by atoms with Crippen LogP contribution in [0.5, 0.6) is 0 Å². The molecule has 5 atom stereocenters. The smallest absolute Gasteiger partial charge is 0.326 e. The van der Waals surface area contributed by atoms with Crippen molar-refractivity contribution in [2.45, 2.75) is 63.7 Å². The summed E-state index contributed by atoms with van der Waals surface area (Å²) in [5.74, 6) is -5.86. The molecule has 0 heterocycles. The van der Waals surface area contributed by atoms with E-state index in [9.17, 15) is 33.9 Å². The van der Waals surface area contributed by atoms with E-state index in [2.05, 4.69) is 28.6 Å². The van der Waals surface area contributed by atoms with Gasteiger partial charge in [0, 0.05) is 12.2 Å². The van der Waals surface area contributed by atoms with Crippen LogP contribution in [0, 0.1) is 5.92 Å². The predicted octanol–water partition coefficient (Wildman–Crippen LogP) is -3.03. The van der Waals surface area contributed by atoms with Gasteiger partial charge in [0.25, 0.3) is 0 Å². The third-order valence-corrected chi connectivity index (χ3v) is 5.03.